The van der Waals surface area contributed by atoms with Gasteiger partial charge in [0.05, 0.1) is 0 Å². The molecule has 1 unspecified atom stereocenters. The van der Waals surface area contributed by atoms with Gasteiger partial charge in [-0.25, -0.2) is 0 Å². The highest BCUT2D eigenvalue weighted by Gasteiger charge is 2.25. The van der Waals surface area contributed by atoms with Crippen molar-refractivity contribution in [1.29, 1.82) is 0 Å². The zero-order chi connectivity index (χ0) is 15.2. The van der Waals surface area contributed by atoms with Gasteiger partial charge in [0.1, 0.15) is 0 Å². The van der Waals surface area contributed by atoms with Gasteiger partial charge in [-0.3, -0.25) is 9.78 Å². The molecule has 0 aliphatic carbocycles. The molecule has 3 atom stereocenters. The van der Waals surface area contributed by atoms with Crippen LogP contribution < -0.4 is 10.6 Å². The van der Waals surface area contributed by atoms with Crippen LogP contribution in [0.2, 0.25) is 0 Å². The molecule has 2 rings (SSSR count). The molecule has 4 heteroatoms. The Kier molecular flexibility index (Phi) is 5.74. The number of piperidine rings is 1. The summed E-state index contributed by atoms with van der Waals surface area (Å²) < 4.78 is 0. The molecule has 116 valence electrons. The van der Waals surface area contributed by atoms with E-state index in [-0.39, 0.29) is 11.8 Å². The van der Waals surface area contributed by atoms with Crippen molar-refractivity contribution in [3.63, 3.8) is 0 Å². The molecule has 1 saturated heterocycles. The summed E-state index contributed by atoms with van der Waals surface area (Å²) in [6.07, 6.45) is 5.57. The number of hydrogen-bond acceptors (Lipinski definition) is 3. The number of nitrogens with zero attached hydrogens (tertiary/aromatic N) is 1. The maximum absolute atomic E-state index is 12.3. The second-order valence-electron chi connectivity index (χ2n) is 6.46. The first-order valence-corrected chi connectivity index (χ1v) is 7.99. The predicted molar refractivity (Wildman–Crippen MR) is 85.0 cm³/mol. The number of hydrogen-bond donors (Lipinski definition) is 2. The Bertz CT molecular complexity index is 447. The van der Waals surface area contributed by atoms with Crippen molar-refractivity contribution >= 4 is 5.91 Å². The minimum Gasteiger partial charge on any atom is -0.355 e. The SMILES string of the molecule is CC(C)C(CNC(=O)[C@H]1CCN[C@@H](C)C1)c1cccnc1. The molecule has 2 N–H and O–H groups in total. The van der Waals surface area contributed by atoms with E-state index in [1.165, 1.54) is 5.56 Å². The van der Waals surface area contributed by atoms with Crippen LogP contribution in [0.3, 0.4) is 0 Å². The summed E-state index contributed by atoms with van der Waals surface area (Å²) in [5.41, 5.74) is 1.20. The first-order valence-electron chi connectivity index (χ1n) is 7.99. The van der Waals surface area contributed by atoms with E-state index in [4.69, 9.17) is 0 Å². The smallest absolute Gasteiger partial charge is 0.223 e. The van der Waals surface area contributed by atoms with Crippen molar-refractivity contribution in [2.75, 3.05) is 13.1 Å². The average Bonchev–Trinajstić information content (AvgIpc) is 2.48. The number of pyridine rings is 1. The molecular formula is C17H27N3O. The molecular weight excluding hydrogens is 262 g/mol. The number of rotatable bonds is 5. The summed E-state index contributed by atoms with van der Waals surface area (Å²) in [5.74, 6) is 1.16. The summed E-state index contributed by atoms with van der Waals surface area (Å²) in [4.78, 5) is 16.5. The van der Waals surface area contributed by atoms with Gasteiger partial charge in [0.25, 0.3) is 0 Å². The summed E-state index contributed by atoms with van der Waals surface area (Å²) in [5, 5.41) is 6.55. The second-order valence-corrected chi connectivity index (χ2v) is 6.46. The molecule has 0 aromatic carbocycles. The van der Waals surface area contributed by atoms with Crippen LogP contribution in [0, 0.1) is 11.8 Å². The van der Waals surface area contributed by atoms with E-state index in [9.17, 15) is 4.79 Å². The number of aromatic nitrogens is 1. The van der Waals surface area contributed by atoms with E-state index in [1.807, 2.05) is 12.3 Å². The fourth-order valence-corrected chi connectivity index (χ4v) is 3.06. The summed E-state index contributed by atoms with van der Waals surface area (Å²) in [6, 6.07) is 4.49. The van der Waals surface area contributed by atoms with Crippen LogP contribution in [0.5, 0.6) is 0 Å². The monoisotopic (exact) mass is 289 g/mol. The van der Waals surface area contributed by atoms with Gasteiger partial charge in [-0.05, 0) is 43.9 Å². The van der Waals surface area contributed by atoms with E-state index in [1.54, 1.807) is 6.20 Å². The van der Waals surface area contributed by atoms with Gasteiger partial charge in [-0.2, -0.15) is 0 Å². The van der Waals surface area contributed by atoms with Gasteiger partial charge >= 0.3 is 0 Å². The highest BCUT2D eigenvalue weighted by atomic mass is 16.1. The van der Waals surface area contributed by atoms with E-state index < -0.39 is 0 Å². The molecule has 0 saturated carbocycles. The van der Waals surface area contributed by atoms with Gasteiger partial charge in [-0.1, -0.05) is 19.9 Å². The predicted octanol–water partition coefficient (Wildman–Crippen LogP) is 2.33. The quantitative estimate of drug-likeness (QED) is 0.874. The van der Waals surface area contributed by atoms with Crippen LogP contribution in [-0.4, -0.2) is 30.0 Å². The van der Waals surface area contributed by atoms with Gasteiger partial charge in [0.2, 0.25) is 5.91 Å². The molecule has 4 nitrogen and oxygen atoms in total. The minimum absolute atomic E-state index is 0.156. The lowest BCUT2D eigenvalue weighted by Crippen LogP contribution is -2.43. The first-order chi connectivity index (χ1) is 10.1. The second kappa shape index (κ2) is 7.55. The molecule has 1 amide bonds. The minimum atomic E-state index is 0.156. The van der Waals surface area contributed by atoms with Crippen LogP contribution in [0.25, 0.3) is 0 Å². The molecule has 0 bridgehead atoms. The summed E-state index contributed by atoms with van der Waals surface area (Å²) in [6.45, 7) is 8.16. The Morgan fingerprint density at radius 2 is 2.33 bits per heavy atom. The van der Waals surface area contributed by atoms with Crippen molar-refractivity contribution in [1.82, 2.24) is 15.6 Å². The van der Waals surface area contributed by atoms with E-state index in [0.29, 0.717) is 24.4 Å². The molecule has 1 aliphatic rings. The fraction of sp³-hybridized carbons (Fsp3) is 0.647. The highest BCUT2D eigenvalue weighted by Crippen LogP contribution is 2.23. The van der Waals surface area contributed by atoms with Crippen LogP contribution in [0.1, 0.15) is 45.1 Å². The number of carbonyl (C=O) groups is 1. The lowest BCUT2D eigenvalue weighted by molar-refractivity contribution is -0.126. The largest absolute Gasteiger partial charge is 0.355 e. The molecule has 1 aliphatic heterocycles. The van der Waals surface area contributed by atoms with E-state index in [2.05, 4.69) is 42.5 Å². The molecule has 0 radical (unpaired) electrons. The van der Waals surface area contributed by atoms with Crippen molar-refractivity contribution in [3.8, 4) is 0 Å². The molecule has 2 heterocycles. The Labute approximate surface area is 127 Å². The van der Waals surface area contributed by atoms with Crippen LogP contribution >= 0.6 is 0 Å². The van der Waals surface area contributed by atoms with Crippen LogP contribution in [-0.2, 0) is 4.79 Å². The van der Waals surface area contributed by atoms with Gasteiger partial charge < -0.3 is 10.6 Å². The lowest BCUT2D eigenvalue weighted by Gasteiger charge is -2.28. The third kappa shape index (κ3) is 4.53. The zero-order valence-corrected chi connectivity index (χ0v) is 13.3. The van der Waals surface area contributed by atoms with E-state index in [0.717, 1.165) is 19.4 Å². The zero-order valence-electron chi connectivity index (χ0n) is 13.3. The van der Waals surface area contributed by atoms with Crippen molar-refractivity contribution < 1.29 is 4.79 Å². The molecule has 21 heavy (non-hydrogen) atoms. The highest BCUT2D eigenvalue weighted by molar-refractivity contribution is 5.78. The molecule has 1 fully saturated rings. The first kappa shape index (κ1) is 16.0. The Balaban J connectivity index is 1.91. The summed E-state index contributed by atoms with van der Waals surface area (Å²) in [7, 11) is 0. The molecule has 1 aromatic rings. The normalized spacial score (nSPS) is 23.8. The average molecular weight is 289 g/mol. The van der Waals surface area contributed by atoms with Crippen LogP contribution in [0.4, 0.5) is 0 Å². The summed E-state index contributed by atoms with van der Waals surface area (Å²) >= 11 is 0. The molecule has 0 spiro atoms. The van der Waals surface area contributed by atoms with Crippen molar-refractivity contribution in [2.24, 2.45) is 11.8 Å². The number of nitrogens with one attached hydrogen (secondary N) is 2. The van der Waals surface area contributed by atoms with Gasteiger partial charge in [0, 0.05) is 36.8 Å². The van der Waals surface area contributed by atoms with Crippen molar-refractivity contribution in [2.45, 2.75) is 45.6 Å². The number of amides is 1. The van der Waals surface area contributed by atoms with Gasteiger partial charge in [-0.15, -0.1) is 0 Å². The van der Waals surface area contributed by atoms with E-state index >= 15 is 0 Å². The Hall–Kier alpha value is -1.42. The third-order valence-corrected chi connectivity index (χ3v) is 4.41. The van der Waals surface area contributed by atoms with Crippen LogP contribution in [0.15, 0.2) is 24.5 Å². The molecule has 1 aromatic heterocycles. The standard InChI is InChI=1S/C17H27N3O/c1-12(2)16(15-5-4-7-18-10-15)11-20-17(21)14-6-8-19-13(3)9-14/h4-5,7,10,12-14,16,19H,6,8-9,11H2,1-3H3,(H,20,21)/t13-,14-,16?/m0/s1. The topological polar surface area (TPSA) is 54.0 Å². The fourth-order valence-electron chi connectivity index (χ4n) is 3.06. The van der Waals surface area contributed by atoms with Crippen molar-refractivity contribution in [3.05, 3.63) is 30.1 Å². The third-order valence-electron chi connectivity index (χ3n) is 4.41. The maximum Gasteiger partial charge on any atom is 0.223 e. The maximum atomic E-state index is 12.3. The lowest BCUT2D eigenvalue weighted by atomic mass is 9.88. The Morgan fingerprint density at radius 3 is 2.95 bits per heavy atom. The number of carbonyl (C=O) groups excluding carboxylic acids is 1. The Morgan fingerprint density at radius 1 is 1.52 bits per heavy atom. The van der Waals surface area contributed by atoms with Gasteiger partial charge in [0.15, 0.2) is 0 Å².